The van der Waals surface area contributed by atoms with E-state index in [4.69, 9.17) is 23.7 Å². The normalized spacial score (nSPS) is 39.7. The van der Waals surface area contributed by atoms with Crippen LogP contribution in [0.3, 0.4) is 0 Å². The number of fused-ring (bicyclic) bond motifs is 2. The highest BCUT2D eigenvalue weighted by Crippen LogP contribution is 2.58. The van der Waals surface area contributed by atoms with Gasteiger partial charge in [-0.1, -0.05) is 18.2 Å². The first-order chi connectivity index (χ1) is 11.1. The number of carbonyl (C=O) groups is 2. The molecule has 1 aromatic carbocycles. The van der Waals surface area contributed by atoms with Gasteiger partial charge in [0.05, 0.1) is 11.1 Å². The van der Waals surface area contributed by atoms with Crippen LogP contribution in [0.5, 0.6) is 0 Å². The van der Waals surface area contributed by atoms with Crippen LogP contribution in [0.25, 0.3) is 0 Å². The van der Waals surface area contributed by atoms with Crippen molar-refractivity contribution in [3.05, 3.63) is 59.2 Å². The Morgan fingerprint density at radius 1 is 1.09 bits per heavy atom. The topological polar surface area (TPSA) is 80.3 Å². The van der Waals surface area contributed by atoms with Crippen molar-refractivity contribution in [2.75, 3.05) is 6.79 Å². The van der Waals surface area contributed by atoms with Crippen LogP contribution in [-0.4, -0.2) is 30.6 Å². The summed E-state index contributed by atoms with van der Waals surface area (Å²) in [6.07, 6.45) is 5.22. The molecule has 7 heteroatoms. The van der Waals surface area contributed by atoms with E-state index in [1.165, 1.54) is 12.2 Å². The van der Waals surface area contributed by atoms with Gasteiger partial charge >= 0.3 is 11.9 Å². The Kier molecular flexibility index (Phi) is 2.26. The number of esters is 1. The number of hydrogen-bond donors (Lipinski definition) is 0. The standard InChI is InChI=1S/C16H10O7/c17-8-10-5-6-14-15(7-10,20-9-19-14)23-16(22-14)12-4-2-1-3-11(12)13(18)21-16/h1-8H,9H2. The molecule has 0 aromatic heterocycles. The van der Waals surface area contributed by atoms with Crippen molar-refractivity contribution in [3.63, 3.8) is 0 Å². The van der Waals surface area contributed by atoms with E-state index in [2.05, 4.69) is 0 Å². The second-order valence-corrected chi connectivity index (χ2v) is 5.53. The molecule has 4 aliphatic rings. The highest BCUT2D eigenvalue weighted by Gasteiger charge is 2.75. The molecule has 0 N–H and O–H groups in total. The molecule has 0 bridgehead atoms. The smallest absolute Gasteiger partial charge is 0.365 e. The van der Waals surface area contributed by atoms with Crippen LogP contribution in [0.15, 0.2) is 48.1 Å². The highest BCUT2D eigenvalue weighted by atomic mass is 17.0. The number of hydrogen-bond acceptors (Lipinski definition) is 7. The van der Waals surface area contributed by atoms with Crippen molar-refractivity contribution in [1.29, 1.82) is 0 Å². The lowest BCUT2D eigenvalue weighted by Gasteiger charge is -2.30. The summed E-state index contributed by atoms with van der Waals surface area (Å²) in [5.41, 5.74) is 1.13. The predicted molar refractivity (Wildman–Crippen MR) is 71.5 cm³/mol. The van der Waals surface area contributed by atoms with Crippen molar-refractivity contribution >= 4 is 12.3 Å². The summed E-state index contributed by atoms with van der Waals surface area (Å²) in [5, 5.41) is 0. The van der Waals surface area contributed by atoms with Crippen LogP contribution < -0.4 is 0 Å². The quantitative estimate of drug-likeness (QED) is 0.567. The number of carbonyl (C=O) groups excluding carboxylic acids is 2. The molecule has 5 rings (SSSR count). The van der Waals surface area contributed by atoms with Gasteiger partial charge in [-0.15, -0.1) is 0 Å². The molecule has 3 aliphatic heterocycles. The number of rotatable bonds is 1. The zero-order valence-electron chi connectivity index (χ0n) is 11.7. The molecule has 3 atom stereocenters. The van der Waals surface area contributed by atoms with Crippen molar-refractivity contribution in [2.24, 2.45) is 0 Å². The van der Waals surface area contributed by atoms with Crippen LogP contribution in [-0.2, 0) is 34.5 Å². The maximum absolute atomic E-state index is 12.1. The summed E-state index contributed by atoms with van der Waals surface area (Å²) in [5.74, 6) is -5.24. The largest absolute Gasteiger partial charge is 0.400 e. The molecule has 0 saturated carbocycles. The summed E-state index contributed by atoms with van der Waals surface area (Å²) >= 11 is 0. The zero-order chi connectivity index (χ0) is 15.7. The summed E-state index contributed by atoms with van der Waals surface area (Å²) in [6, 6.07) is 6.76. The number of aldehydes is 1. The van der Waals surface area contributed by atoms with E-state index in [0.29, 0.717) is 23.0 Å². The molecule has 2 fully saturated rings. The van der Waals surface area contributed by atoms with Gasteiger partial charge in [0, 0.05) is 5.57 Å². The van der Waals surface area contributed by atoms with Gasteiger partial charge in [-0.3, -0.25) is 14.3 Å². The van der Waals surface area contributed by atoms with E-state index in [9.17, 15) is 9.59 Å². The number of benzene rings is 1. The monoisotopic (exact) mass is 314 g/mol. The van der Waals surface area contributed by atoms with E-state index >= 15 is 0 Å². The first kappa shape index (κ1) is 13.1. The van der Waals surface area contributed by atoms with E-state index < -0.39 is 23.5 Å². The van der Waals surface area contributed by atoms with E-state index in [1.54, 1.807) is 30.3 Å². The fourth-order valence-electron chi connectivity index (χ4n) is 3.26. The fraction of sp³-hybridized carbons (Fsp3) is 0.250. The van der Waals surface area contributed by atoms with Gasteiger partial charge in [0.1, 0.15) is 6.29 Å². The Hall–Kier alpha value is -2.32. The number of allylic oxidation sites excluding steroid dienone is 2. The SMILES string of the molecule is O=CC1=CC23OCOC2(C=C1)OC1(OC(=O)c2ccccc21)O3. The Morgan fingerprint density at radius 2 is 1.87 bits per heavy atom. The van der Waals surface area contributed by atoms with Gasteiger partial charge in [0.25, 0.3) is 11.6 Å². The van der Waals surface area contributed by atoms with Crippen molar-refractivity contribution in [3.8, 4) is 0 Å². The summed E-state index contributed by atoms with van der Waals surface area (Å²) in [6.45, 7) is -0.0847. The zero-order valence-corrected chi connectivity index (χ0v) is 11.7. The maximum atomic E-state index is 12.1. The average molecular weight is 314 g/mol. The first-order valence-electron chi connectivity index (χ1n) is 7.00. The van der Waals surface area contributed by atoms with Crippen LogP contribution in [0.1, 0.15) is 15.9 Å². The first-order valence-corrected chi connectivity index (χ1v) is 7.00. The van der Waals surface area contributed by atoms with Crippen LogP contribution in [0.4, 0.5) is 0 Å². The molecule has 23 heavy (non-hydrogen) atoms. The van der Waals surface area contributed by atoms with Gasteiger partial charge in [0.2, 0.25) is 0 Å². The average Bonchev–Trinajstić information content (AvgIpc) is 3.13. The van der Waals surface area contributed by atoms with Gasteiger partial charge < -0.3 is 14.2 Å². The minimum atomic E-state index is -1.77. The van der Waals surface area contributed by atoms with Crippen LogP contribution in [0, 0.1) is 0 Å². The lowest BCUT2D eigenvalue weighted by atomic mass is 9.96. The van der Waals surface area contributed by atoms with Crippen molar-refractivity contribution in [1.82, 2.24) is 0 Å². The van der Waals surface area contributed by atoms with Crippen LogP contribution >= 0.6 is 0 Å². The van der Waals surface area contributed by atoms with Crippen molar-refractivity contribution in [2.45, 2.75) is 17.5 Å². The molecule has 116 valence electrons. The highest BCUT2D eigenvalue weighted by molar-refractivity contribution is 5.94. The van der Waals surface area contributed by atoms with Gasteiger partial charge in [-0.25, -0.2) is 4.79 Å². The number of ether oxygens (including phenoxy) is 5. The van der Waals surface area contributed by atoms with Gasteiger partial charge in [-0.2, -0.15) is 0 Å². The lowest BCUT2D eigenvalue weighted by molar-refractivity contribution is -0.369. The van der Waals surface area contributed by atoms with Crippen molar-refractivity contribution < 1.29 is 33.3 Å². The van der Waals surface area contributed by atoms with Gasteiger partial charge in [0.15, 0.2) is 6.79 Å². The predicted octanol–water partition coefficient (Wildman–Crippen LogP) is 1.11. The molecular formula is C16H10O7. The second-order valence-electron chi connectivity index (χ2n) is 5.53. The minimum Gasteiger partial charge on any atom is -0.400 e. The summed E-state index contributed by atoms with van der Waals surface area (Å²) < 4.78 is 28.4. The third kappa shape index (κ3) is 1.43. The molecule has 7 nitrogen and oxygen atoms in total. The Labute approximate surface area is 130 Å². The molecule has 1 spiro atoms. The molecular weight excluding hydrogens is 304 g/mol. The molecule has 0 amide bonds. The molecule has 2 saturated heterocycles. The minimum absolute atomic E-state index is 0.0847. The lowest BCUT2D eigenvalue weighted by Crippen LogP contribution is -2.48. The van der Waals surface area contributed by atoms with Crippen LogP contribution in [0.2, 0.25) is 0 Å². The molecule has 3 heterocycles. The fourth-order valence-corrected chi connectivity index (χ4v) is 3.26. The Balaban J connectivity index is 1.69. The third-order valence-corrected chi connectivity index (χ3v) is 4.30. The Bertz CT molecular complexity index is 812. The third-order valence-electron chi connectivity index (χ3n) is 4.30. The summed E-state index contributed by atoms with van der Waals surface area (Å²) in [4.78, 5) is 23.2. The van der Waals surface area contributed by atoms with Gasteiger partial charge in [-0.05, 0) is 24.3 Å². The van der Waals surface area contributed by atoms with E-state index in [1.807, 2.05) is 0 Å². The molecule has 3 unspecified atom stereocenters. The second kappa shape index (κ2) is 3.95. The van der Waals surface area contributed by atoms with E-state index in [-0.39, 0.29) is 6.79 Å². The summed E-state index contributed by atoms with van der Waals surface area (Å²) in [7, 11) is 0. The molecule has 1 aliphatic carbocycles. The molecule has 1 aromatic rings. The van der Waals surface area contributed by atoms with E-state index in [0.717, 1.165) is 0 Å². The maximum Gasteiger partial charge on any atom is 0.365 e. The Morgan fingerprint density at radius 3 is 2.74 bits per heavy atom. The molecule has 0 radical (unpaired) electrons.